The summed E-state index contributed by atoms with van der Waals surface area (Å²) < 4.78 is 11.2. The Kier molecular flexibility index (Phi) is 2.86. The zero-order valence-corrected chi connectivity index (χ0v) is 9.90. The number of rotatable bonds is 1. The lowest BCUT2D eigenvalue weighted by Gasteiger charge is -2.02. The minimum Gasteiger partial charge on any atom is -0.251 e. The third-order valence-electron chi connectivity index (χ3n) is 1.76. The van der Waals surface area contributed by atoms with Crippen molar-refractivity contribution >= 4 is 44.9 Å². The highest BCUT2D eigenvalue weighted by atomic mass is 35.5. The van der Waals surface area contributed by atoms with Crippen LogP contribution in [-0.2, 0) is 10.8 Å². The molecule has 4 nitrogen and oxygen atoms in total. The predicted molar refractivity (Wildman–Crippen MR) is 59.7 cm³/mol. The van der Waals surface area contributed by atoms with E-state index in [1.165, 1.54) is 18.6 Å². The van der Waals surface area contributed by atoms with Crippen molar-refractivity contribution in [3.05, 3.63) is 22.6 Å². The van der Waals surface area contributed by atoms with Crippen molar-refractivity contribution in [3.63, 3.8) is 0 Å². The van der Waals surface area contributed by atoms with Gasteiger partial charge in [-0.1, -0.05) is 23.2 Å². The Bertz CT molecular complexity index is 561. The first-order valence-electron chi connectivity index (χ1n) is 3.90. The molecule has 0 radical (unpaired) electrons. The van der Waals surface area contributed by atoms with Gasteiger partial charge < -0.3 is 0 Å². The van der Waals surface area contributed by atoms with Crippen molar-refractivity contribution < 1.29 is 4.21 Å². The Morgan fingerprint density at radius 1 is 1.27 bits per heavy atom. The van der Waals surface area contributed by atoms with Gasteiger partial charge in [-0.25, -0.2) is 15.0 Å². The zero-order chi connectivity index (χ0) is 11.0. The number of hydrogen-bond acceptors (Lipinski definition) is 4. The van der Waals surface area contributed by atoms with E-state index >= 15 is 0 Å². The number of nitrogens with zero attached hydrogens (tertiary/aromatic N) is 3. The van der Waals surface area contributed by atoms with Crippen molar-refractivity contribution in [3.8, 4) is 0 Å². The average Bonchev–Trinajstić information content (AvgIpc) is 2.23. The van der Waals surface area contributed by atoms with E-state index in [0.29, 0.717) is 15.9 Å². The minimum absolute atomic E-state index is 0.228. The molecule has 78 valence electrons. The Morgan fingerprint density at radius 2 is 2.00 bits per heavy atom. The standard InChI is InChI=1S/C8H5Cl2N3OS/c1-15(14)8-12-2-4-6(13-8)5(9)3-11-7(4)10/h2-3H,1H3. The summed E-state index contributed by atoms with van der Waals surface area (Å²) in [6, 6.07) is 0. The molecule has 0 aliphatic heterocycles. The summed E-state index contributed by atoms with van der Waals surface area (Å²) in [7, 11) is -1.24. The van der Waals surface area contributed by atoms with E-state index < -0.39 is 10.8 Å². The smallest absolute Gasteiger partial charge is 0.218 e. The Hall–Kier alpha value is -0.780. The molecule has 15 heavy (non-hydrogen) atoms. The van der Waals surface area contributed by atoms with Crippen LogP contribution in [0.4, 0.5) is 0 Å². The van der Waals surface area contributed by atoms with Crippen LogP contribution in [0.3, 0.4) is 0 Å². The molecule has 0 fully saturated rings. The summed E-state index contributed by atoms with van der Waals surface area (Å²) in [6.45, 7) is 0. The molecule has 0 N–H and O–H groups in total. The molecule has 0 bridgehead atoms. The third kappa shape index (κ3) is 1.95. The van der Waals surface area contributed by atoms with Gasteiger partial charge in [0.1, 0.15) is 5.15 Å². The quantitative estimate of drug-likeness (QED) is 0.583. The van der Waals surface area contributed by atoms with Gasteiger partial charge in [-0.3, -0.25) is 4.21 Å². The van der Waals surface area contributed by atoms with E-state index in [4.69, 9.17) is 23.2 Å². The van der Waals surface area contributed by atoms with Gasteiger partial charge in [0.05, 0.1) is 26.7 Å². The lowest BCUT2D eigenvalue weighted by atomic mass is 10.3. The minimum atomic E-state index is -1.24. The number of halogens is 2. The average molecular weight is 262 g/mol. The fraction of sp³-hybridized carbons (Fsp3) is 0.125. The van der Waals surface area contributed by atoms with Crippen LogP contribution in [-0.4, -0.2) is 25.4 Å². The van der Waals surface area contributed by atoms with Crippen LogP contribution in [0.2, 0.25) is 10.2 Å². The van der Waals surface area contributed by atoms with Crippen LogP contribution in [0, 0.1) is 0 Å². The van der Waals surface area contributed by atoms with Crippen molar-refractivity contribution in [2.24, 2.45) is 0 Å². The summed E-state index contributed by atoms with van der Waals surface area (Å²) in [5, 5.41) is 1.43. The van der Waals surface area contributed by atoms with Gasteiger partial charge in [0.2, 0.25) is 5.16 Å². The molecular weight excluding hydrogens is 257 g/mol. The van der Waals surface area contributed by atoms with Gasteiger partial charge in [0.15, 0.2) is 0 Å². The molecule has 0 spiro atoms. The second-order valence-corrected chi connectivity index (χ2v) is 4.80. The monoisotopic (exact) mass is 261 g/mol. The van der Waals surface area contributed by atoms with Crippen molar-refractivity contribution in [2.75, 3.05) is 6.26 Å². The molecule has 1 atom stereocenters. The molecule has 2 heterocycles. The van der Waals surface area contributed by atoms with E-state index in [-0.39, 0.29) is 10.3 Å². The molecule has 7 heteroatoms. The molecule has 0 saturated heterocycles. The van der Waals surface area contributed by atoms with Crippen molar-refractivity contribution in [1.82, 2.24) is 15.0 Å². The molecule has 2 aromatic rings. The molecule has 0 aliphatic carbocycles. The number of hydrogen-bond donors (Lipinski definition) is 0. The third-order valence-corrected chi connectivity index (χ3v) is 3.05. The molecule has 0 aromatic carbocycles. The molecule has 0 aliphatic rings. The maximum absolute atomic E-state index is 11.2. The first-order chi connectivity index (χ1) is 7.09. The van der Waals surface area contributed by atoms with Gasteiger partial charge in [-0.15, -0.1) is 0 Å². The van der Waals surface area contributed by atoms with E-state index in [0.717, 1.165) is 0 Å². The van der Waals surface area contributed by atoms with Crippen LogP contribution < -0.4 is 0 Å². The second-order valence-electron chi connectivity index (χ2n) is 2.77. The predicted octanol–water partition coefficient (Wildman–Crippen LogP) is 2.07. The Morgan fingerprint density at radius 3 is 2.67 bits per heavy atom. The van der Waals surface area contributed by atoms with Crippen molar-refractivity contribution in [2.45, 2.75) is 5.16 Å². The summed E-state index contributed by atoms with van der Waals surface area (Å²) in [4.78, 5) is 11.8. The first-order valence-corrected chi connectivity index (χ1v) is 6.21. The van der Waals surface area contributed by atoms with Crippen molar-refractivity contribution in [1.29, 1.82) is 0 Å². The maximum atomic E-state index is 11.2. The van der Waals surface area contributed by atoms with Crippen LogP contribution in [0.25, 0.3) is 10.9 Å². The second kappa shape index (κ2) is 4.00. The highest BCUT2D eigenvalue weighted by Crippen LogP contribution is 2.25. The van der Waals surface area contributed by atoms with Gasteiger partial charge in [-0.2, -0.15) is 0 Å². The topological polar surface area (TPSA) is 55.7 Å². The molecule has 2 aromatic heterocycles. The highest BCUT2D eigenvalue weighted by molar-refractivity contribution is 7.84. The summed E-state index contributed by atoms with van der Waals surface area (Å²) >= 11 is 11.7. The van der Waals surface area contributed by atoms with Crippen LogP contribution in [0.5, 0.6) is 0 Å². The highest BCUT2D eigenvalue weighted by Gasteiger charge is 2.09. The number of aromatic nitrogens is 3. The van der Waals surface area contributed by atoms with Crippen LogP contribution in [0.1, 0.15) is 0 Å². The molecule has 1 unspecified atom stereocenters. The van der Waals surface area contributed by atoms with Gasteiger partial charge in [0.25, 0.3) is 0 Å². The van der Waals surface area contributed by atoms with Crippen LogP contribution >= 0.6 is 23.2 Å². The summed E-state index contributed by atoms with van der Waals surface area (Å²) in [5.41, 5.74) is 0.469. The van der Waals surface area contributed by atoms with Gasteiger partial charge in [-0.05, 0) is 0 Å². The maximum Gasteiger partial charge on any atom is 0.218 e. The molecule has 2 rings (SSSR count). The Balaban J connectivity index is 2.81. The molecular formula is C8H5Cl2N3OS. The normalized spacial score (nSPS) is 13.0. The lowest BCUT2D eigenvalue weighted by molar-refractivity contribution is 0.680. The van der Waals surface area contributed by atoms with Gasteiger partial charge in [0, 0.05) is 18.6 Å². The molecule has 0 saturated carbocycles. The lowest BCUT2D eigenvalue weighted by Crippen LogP contribution is -1.97. The largest absolute Gasteiger partial charge is 0.251 e. The fourth-order valence-corrected chi connectivity index (χ4v) is 1.88. The molecule has 0 amide bonds. The van der Waals surface area contributed by atoms with E-state index in [2.05, 4.69) is 15.0 Å². The van der Waals surface area contributed by atoms with E-state index in [1.807, 2.05) is 0 Å². The van der Waals surface area contributed by atoms with Crippen LogP contribution in [0.15, 0.2) is 17.6 Å². The summed E-state index contributed by atoms with van der Waals surface area (Å²) in [5.74, 6) is 0. The first kappa shape index (κ1) is 10.7. The SMILES string of the molecule is CS(=O)c1ncc2c(Cl)ncc(Cl)c2n1. The Labute approximate surface area is 98.1 Å². The van der Waals surface area contributed by atoms with Gasteiger partial charge >= 0.3 is 0 Å². The summed E-state index contributed by atoms with van der Waals surface area (Å²) in [6.07, 6.45) is 4.37. The number of fused-ring (bicyclic) bond motifs is 1. The van der Waals surface area contributed by atoms with E-state index in [1.54, 1.807) is 0 Å². The number of pyridine rings is 1. The fourth-order valence-electron chi connectivity index (χ4n) is 1.08. The zero-order valence-electron chi connectivity index (χ0n) is 7.57. The van der Waals surface area contributed by atoms with E-state index in [9.17, 15) is 4.21 Å².